The molecule has 11 heteroatoms. The third-order valence-corrected chi connectivity index (χ3v) is 5.78. The van der Waals surface area contributed by atoms with Gasteiger partial charge in [0, 0.05) is 18.2 Å². The van der Waals surface area contributed by atoms with Crippen LogP contribution in [0, 0.1) is 5.82 Å². The quantitative estimate of drug-likeness (QED) is 0.366. The van der Waals surface area contributed by atoms with Gasteiger partial charge >= 0.3 is 5.69 Å². The number of rotatable bonds is 8. The zero-order chi connectivity index (χ0) is 26.0. The van der Waals surface area contributed by atoms with E-state index >= 15 is 0 Å². The van der Waals surface area contributed by atoms with Crippen molar-refractivity contribution in [2.45, 2.75) is 39.4 Å². The van der Waals surface area contributed by atoms with Crippen molar-refractivity contribution in [1.29, 1.82) is 0 Å². The van der Waals surface area contributed by atoms with Gasteiger partial charge in [-0.3, -0.25) is 19.0 Å². The third-order valence-electron chi connectivity index (χ3n) is 5.78. The number of hydrogen-bond acceptors (Lipinski definition) is 5. The Bertz CT molecular complexity index is 1620. The molecule has 2 heterocycles. The highest BCUT2D eigenvalue weighted by molar-refractivity contribution is 5.98. The first-order chi connectivity index (χ1) is 17.2. The smallest absolute Gasteiger partial charge is 0.350 e. The second-order valence-corrected chi connectivity index (χ2v) is 8.32. The number of anilines is 1. The van der Waals surface area contributed by atoms with E-state index < -0.39 is 29.5 Å². The standard InChI is InChI=1S/C25H25FN6O4/c1-4-12-30-23(35)17-11-10-16(22(34)27-15(3)5-2)13-20(17)32-24(30)29-31(25(32)36)14-21(33)28-19-9-7-6-8-18(19)26/h4,6-11,13,15H,1,5,12,14H2,2-3H3,(H,27,34)(H,28,33)/t15-/m0/s1. The lowest BCUT2D eigenvalue weighted by Gasteiger charge is -2.12. The number of carbonyl (C=O) groups is 2. The molecule has 0 fully saturated rings. The van der Waals surface area contributed by atoms with Crippen LogP contribution in [-0.2, 0) is 17.9 Å². The Morgan fingerprint density at radius 2 is 1.94 bits per heavy atom. The van der Waals surface area contributed by atoms with E-state index in [1.807, 2.05) is 13.8 Å². The van der Waals surface area contributed by atoms with E-state index in [0.29, 0.717) is 0 Å². The topological polar surface area (TPSA) is 120 Å². The van der Waals surface area contributed by atoms with Crippen LogP contribution >= 0.6 is 0 Å². The molecule has 1 atom stereocenters. The summed E-state index contributed by atoms with van der Waals surface area (Å²) in [4.78, 5) is 51.8. The monoisotopic (exact) mass is 492 g/mol. The van der Waals surface area contributed by atoms with Gasteiger partial charge in [-0.2, -0.15) is 0 Å². The van der Waals surface area contributed by atoms with E-state index in [1.165, 1.54) is 51.4 Å². The number of carbonyl (C=O) groups excluding carboxylic acids is 2. The molecule has 0 spiro atoms. The van der Waals surface area contributed by atoms with Gasteiger partial charge in [0.15, 0.2) is 0 Å². The van der Waals surface area contributed by atoms with Gasteiger partial charge in [0.05, 0.1) is 16.6 Å². The van der Waals surface area contributed by atoms with Gasteiger partial charge in [-0.25, -0.2) is 18.3 Å². The Labute approximate surface area is 204 Å². The van der Waals surface area contributed by atoms with Gasteiger partial charge in [-0.15, -0.1) is 11.7 Å². The minimum absolute atomic E-state index is 0.0180. The number of allylic oxidation sites excluding steroid dienone is 1. The van der Waals surface area contributed by atoms with Crippen molar-refractivity contribution in [3.05, 3.63) is 87.3 Å². The number of nitrogens with zero attached hydrogens (tertiary/aromatic N) is 4. The number of fused-ring (bicyclic) bond motifs is 3. The average molecular weight is 493 g/mol. The van der Waals surface area contributed by atoms with Gasteiger partial charge in [-0.05, 0) is 43.7 Å². The maximum Gasteiger partial charge on any atom is 0.352 e. The van der Waals surface area contributed by atoms with Crippen molar-refractivity contribution in [3.8, 4) is 0 Å². The number of benzene rings is 2. The van der Waals surface area contributed by atoms with Crippen LogP contribution in [0.3, 0.4) is 0 Å². The molecular weight excluding hydrogens is 467 g/mol. The highest BCUT2D eigenvalue weighted by Crippen LogP contribution is 2.15. The van der Waals surface area contributed by atoms with Crippen molar-refractivity contribution in [1.82, 2.24) is 24.1 Å². The fourth-order valence-electron chi connectivity index (χ4n) is 3.75. The molecule has 2 aromatic carbocycles. The van der Waals surface area contributed by atoms with Crippen molar-refractivity contribution in [2.75, 3.05) is 5.32 Å². The molecule has 2 N–H and O–H groups in total. The first-order valence-electron chi connectivity index (χ1n) is 11.4. The number of amides is 2. The fraction of sp³-hybridized carbons (Fsp3) is 0.240. The predicted octanol–water partition coefficient (Wildman–Crippen LogP) is 2.30. The summed E-state index contributed by atoms with van der Waals surface area (Å²) in [5.74, 6) is -1.67. The van der Waals surface area contributed by atoms with Crippen molar-refractivity contribution < 1.29 is 14.0 Å². The number of aromatic nitrogens is 4. The molecule has 2 amide bonds. The molecule has 0 saturated carbocycles. The fourth-order valence-corrected chi connectivity index (χ4v) is 3.75. The summed E-state index contributed by atoms with van der Waals surface area (Å²) in [6.07, 6.45) is 2.21. The van der Waals surface area contributed by atoms with Crippen LogP contribution in [-0.4, -0.2) is 36.6 Å². The Morgan fingerprint density at radius 3 is 2.64 bits per heavy atom. The first kappa shape index (κ1) is 24.6. The van der Waals surface area contributed by atoms with Crippen molar-refractivity contribution in [3.63, 3.8) is 0 Å². The second kappa shape index (κ2) is 9.98. The summed E-state index contributed by atoms with van der Waals surface area (Å²) in [6.45, 7) is 7.00. The molecule has 0 aliphatic carbocycles. The van der Waals surface area contributed by atoms with Gasteiger partial charge in [0.25, 0.3) is 11.5 Å². The molecule has 0 bridgehead atoms. The molecule has 4 aromatic rings. The molecule has 0 radical (unpaired) electrons. The Morgan fingerprint density at radius 1 is 1.19 bits per heavy atom. The molecule has 4 rings (SSSR count). The highest BCUT2D eigenvalue weighted by Gasteiger charge is 2.20. The molecule has 0 unspecified atom stereocenters. The zero-order valence-corrected chi connectivity index (χ0v) is 19.8. The number of para-hydroxylation sites is 1. The molecule has 10 nitrogen and oxygen atoms in total. The van der Waals surface area contributed by atoms with Gasteiger partial charge in [-0.1, -0.05) is 25.1 Å². The first-order valence-corrected chi connectivity index (χ1v) is 11.4. The Hall–Kier alpha value is -4.54. The van der Waals surface area contributed by atoms with E-state index in [0.717, 1.165) is 11.1 Å². The number of halogens is 1. The minimum Gasteiger partial charge on any atom is -0.350 e. The van der Waals surface area contributed by atoms with Crippen LogP contribution in [0.2, 0.25) is 0 Å². The van der Waals surface area contributed by atoms with Crippen LogP contribution in [0.5, 0.6) is 0 Å². The lowest BCUT2D eigenvalue weighted by Crippen LogP contribution is -2.32. The van der Waals surface area contributed by atoms with Gasteiger partial charge in [0.2, 0.25) is 11.7 Å². The average Bonchev–Trinajstić information content (AvgIpc) is 3.18. The van der Waals surface area contributed by atoms with E-state index in [-0.39, 0.29) is 46.4 Å². The van der Waals surface area contributed by atoms with Gasteiger partial charge in [0.1, 0.15) is 12.4 Å². The molecular formula is C25H25FN6O4. The Balaban J connectivity index is 1.83. The summed E-state index contributed by atoms with van der Waals surface area (Å²) in [5, 5.41) is 9.66. The summed E-state index contributed by atoms with van der Waals surface area (Å²) in [6, 6.07) is 10.0. The lowest BCUT2D eigenvalue weighted by atomic mass is 10.1. The van der Waals surface area contributed by atoms with E-state index in [1.54, 1.807) is 6.07 Å². The molecule has 0 aliphatic rings. The maximum atomic E-state index is 13.9. The summed E-state index contributed by atoms with van der Waals surface area (Å²) >= 11 is 0. The van der Waals surface area contributed by atoms with Crippen LogP contribution in [0.25, 0.3) is 16.7 Å². The summed E-state index contributed by atoms with van der Waals surface area (Å²) in [7, 11) is 0. The normalized spacial score (nSPS) is 12.0. The number of hydrogen-bond donors (Lipinski definition) is 2. The number of nitrogens with one attached hydrogen (secondary N) is 2. The Kier molecular flexibility index (Phi) is 6.82. The molecule has 0 aliphatic heterocycles. The molecule has 2 aromatic heterocycles. The second-order valence-electron chi connectivity index (χ2n) is 8.32. The SMILES string of the molecule is C=CCn1c(=O)c2ccc(C(=O)N[C@@H](C)CC)cc2n2c(=O)n(CC(=O)Nc3ccccc3F)nc12. The summed E-state index contributed by atoms with van der Waals surface area (Å²) in [5.41, 5.74) is -0.722. The third kappa shape index (κ3) is 4.54. The molecule has 36 heavy (non-hydrogen) atoms. The lowest BCUT2D eigenvalue weighted by molar-refractivity contribution is -0.117. The highest BCUT2D eigenvalue weighted by atomic mass is 19.1. The molecule has 0 saturated heterocycles. The van der Waals surface area contributed by atoms with Crippen LogP contribution in [0.15, 0.2) is 64.7 Å². The van der Waals surface area contributed by atoms with Gasteiger partial charge < -0.3 is 10.6 Å². The van der Waals surface area contributed by atoms with E-state index in [2.05, 4.69) is 22.3 Å². The summed E-state index contributed by atoms with van der Waals surface area (Å²) < 4.78 is 17.2. The maximum absolute atomic E-state index is 13.9. The van der Waals surface area contributed by atoms with Crippen LogP contribution in [0.1, 0.15) is 30.6 Å². The minimum atomic E-state index is -0.698. The predicted molar refractivity (Wildman–Crippen MR) is 134 cm³/mol. The largest absolute Gasteiger partial charge is 0.352 e. The van der Waals surface area contributed by atoms with Crippen molar-refractivity contribution in [2.24, 2.45) is 0 Å². The molecule has 186 valence electrons. The van der Waals surface area contributed by atoms with Crippen LogP contribution in [0.4, 0.5) is 10.1 Å². The van der Waals surface area contributed by atoms with Crippen LogP contribution < -0.4 is 21.9 Å². The van der Waals surface area contributed by atoms with E-state index in [9.17, 15) is 23.6 Å². The van der Waals surface area contributed by atoms with Crippen molar-refractivity contribution >= 4 is 34.2 Å². The zero-order valence-electron chi connectivity index (χ0n) is 19.8. The van der Waals surface area contributed by atoms with E-state index in [4.69, 9.17) is 0 Å².